The number of rotatable bonds is 6. The molecule has 1 aliphatic rings. The molecule has 2 amide bonds. The molecule has 0 saturated heterocycles. The summed E-state index contributed by atoms with van der Waals surface area (Å²) in [5.74, 6) is -2.12. The van der Waals surface area contributed by atoms with Crippen LogP contribution in [-0.2, 0) is 25.5 Å². The smallest absolute Gasteiger partial charge is 0.336 e. The molecule has 0 aliphatic carbocycles. The molecule has 0 unspecified atom stereocenters. The Morgan fingerprint density at radius 2 is 1.73 bits per heavy atom. The molecule has 0 fully saturated rings. The Kier molecular flexibility index (Phi) is 6.67. The van der Waals surface area contributed by atoms with Crippen LogP contribution in [-0.4, -0.2) is 24.4 Å². The van der Waals surface area contributed by atoms with Gasteiger partial charge in [-0.2, -0.15) is 0 Å². The van der Waals surface area contributed by atoms with E-state index in [0.29, 0.717) is 17.1 Å². The second-order valence-corrected chi connectivity index (χ2v) is 7.04. The lowest BCUT2D eigenvalue weighted by Crippen LogP contribution is -2.43. The molecular formula is C24H26N2O4. The standard InChI is InChI=1S/C24H26N2O4/c1-4-17-11-9-10-14-20(17)25-23(28)19-15-21(27)26(18-12-7-6-8-13-18)16(3)22(19)24(29)30-5-2/h6-14,19H,4-5,15H2,1-3H3,(H,25,28)/t19-/m0/s1. The van der Waals surface area contributed by atoms with Gasteiger partial charge in [0.1, 0.15) is 0 Å². The first-order valence-corrected chi connectivity index (χ1v) is 10.1. The molecule has 0 saturated carbocycles. The predicted octanol–water partition coefficient (Wildman–Crippen LogP) is 4.08. The molecule has 3 rings (SSSR count). The molecule has 0 radical (unpaired) electrons. The van der Waals surface area contributed by atoms with Gasteiger partial charge in [0.2, 0.25) is 11.8 Å². The van der Waals surface area contributed by atoms with Crippen LogP contribution in [0.3, 0.4) is 0 Å². The lowest BCUT2D eigenvalue weighted by molar-refractivity contribution is -0.141. The van der Waals surface area contributed by atoms with Gasteiger partial charge in [0.25, 0.3) is 0 Å². The van der Waals surface area contributed by atoms with E-state index in [2.05, 4.69) is 5.32 Å². The van der Waals surface area contributed by atoms with E-state index in [1.807, 2.05) is 49.4 Å². The molecular weight excluding hydrogens is 380 g/mol. The fraction of sp³-hybridized carbons (Fsp3) is 0.292. The summed E-state index contributed by atoms with van der Waals surface area (Å²) in [5.41, 5.74) is 2.95. The van der Waals surface area contributed by atoms with Gasteiger partial charge in [-0.05, 0) is 44.0 Å². The van der Waals surface area contributed by atoms with Gasteiger partial charge in [-0.1, -0.05) is 43.3 Å². The van der Waals surface area contributed by atoms with E-state index in [4.69, 9.17) is 4.74 Å². The molecule has 1 atom stereocenters. The Morgan fingerprint density at radius 3 is 2.40 bits per heavy atom. The van der Waals surface area contributed by atoms with Crippen LogP contribution >= 0.6 is 0 Å². The zero-order valence-electron chi connectivity index (χ0n) is 17.5. The van der Waals surface area contributed by atoms with Crippen LogP contribution in [0, 0.1) is 5.92 Å². The van der Waals surface area contributed by atoms with Gasteiger partial charge in [-0.15, -0.1) is 0 Å². The lowest BCUT2D eigenvalue weighted by Gasteiger charge is -2.33. The van der Waals surface area contributed by atoms with Crippen LogP contribution in [0.5, 0.6) is 0 Å². The molecule has 30 heavy (non-hydrogen) atoms. The monoisotopic (exact) mass is 406 g/mol. The average Bonchev–Trinajstić information content (AvgIpc) is 2.74. The molecule has 2 aromatic rings. The summed E-state index contributed by atoms with van der Waals surface area (Å²) in [6, 6.07) is 16.6. The molecule has 1 N–H and O–H groups in total. The van der Waals surface area contributed by atoms with Crippen molar-refractivity contribution >= 4 is 29.2 Å². The number of hydrogen-bond acceptors (Lipinski definition) is 4. The number of aryl methyl sites for hydroxylation is 1. The number of benzene rings is 2. The van der Waals surface area contributed by atoms with Gasteiger partial charge in [-0.3, -0.25) is 14.5 Å². The minimum absolute atomic E-state index is 0.111. The predicted molar refractivity (Wildman–Crippen MR) is 116 cm³/mol. The normalized spacial score (nSPS) is 16.4. The number of esters is 1. The van der Waals surface area contributed by atoms with Crippen molar-refractivity contribution in [1.82, 2.24) is 0 Å². The molecule has 1 aliphatic heterocycles. The first-order chi connectivity index (χ1) is 14.5. The third kappa shape index (κ3) is 4.27. The molecule has 0 bridgehead atoms. The number of nitrogens with zero attached hydrogens (tertiary/aromatic N) is 1. The summed E-state index contributed by atoms with van der Waals surface area (Å²) < 4.78 is 5.23. The first kappa shape index (κ1) is 21.3. The van der Waals surface area contributed by atoms with Crippen molar-refractivity contribution in [2.24, 2.45) is 5.92 Å². The van der Waals surface area contributed by atoms with Crippen molar-refractivity contribution < 1.29 is 19.1 Å². The number of allylic oxidation sites excluding steroid dienone is 1. The zero-order chi connectivity index (χ0) is 21.7. The SMILES string of the molecule is CCOC(=O)C1=C(C)N(c2ccccc2)C(=O)C[C@@H]1C(=O)Nc1ccccc1CC. The number of hydrogen-bond donors (Lipinski definition) is 1. The highest BCUT2D eigenvalue weighted by Crippen LogP contribution is 2.34. The minimum Gasteiger partial charge on any atom is -0.463 e. The Balaban J connectivity index is 2.00. The van der Waals surface area contributed by atoms with Gasteiger partial charge in [0, 0.05) is 23.5 Å². The van der Waals surface area contributed by atoms with Crippen molar-refractivity contribution in [2.75, 3.05) is 16.8 Å². The first-order valence-electron chi connectivity index (χ1n) is 10.1. The van der Waals surface area contributed by atoms with Crippen molar-refractivity contribution in [2.45, 2.75) is 33.6 Å². The molecule has 6 nitrogen and oxygen atoms in total. The van der Waals surface area contributed by atoms with Gasteiger partial charge in [0.15, 0.2) is 0 Å². The summed E-state index contributed by atoms with van der Waals surface area (Å²) in [4.78, 5) is 40.4. The fourth-order valence-electron chi connectivity index (χ4n) is 3.74. The van der Waals surface area contributed by atoms with Gasteiger partial charge in [0.05, 0.1) is 18.1 Å². The Bertz CT molecular complexity index is 982. The number of para-hydroxylation sites is 2. The Labute approximate surface area is 176 Å². The average molecular weight is 406 g/mol. The maximum atomic E-state index is 13.2. The second-order valence-electron chi connectivity index (χ2n) is 7.04. The molecule has 2 aromatic carbocycles. The van der Waals surface area contributed by atoms with Crippen LogP contribution in [0.1, 0.15) is 32.8 Å². The highest BCUT2D eigenvalue weighted by Gasteiger charge is 2.40. The minimum atomic E-state index is -0.915. The van der Waals surface area contributed by atoms with Crippen LogP contribution in [0.2, 0.25) is 0 Å². The molecule has 156 valence electrons. The summed E-state index contributed by atoms with van der Waals surface area (Å²) in [7, 11) is 0. The number of anilines is 2. The van der Waals surface area contributed by atoms with E-state index in [1.54, 1.807) is 26.0 Å². The van der Waals surface area contributed by atoms with Crippen LogP contribution in [0.15, 0.2) is 65.9 Å². The van der Waals surface area contributed by atoms with Gasteiger partial charge >= 0.3 is 5.97 Å². The number of carbonyl (C=O) groups excluding carboxylic acids is 3. The van der Waals surface area contributed by atoms with Crippen molar-refractivity contribution in [3.63, 3.8) is 0 Å². The van der Waals surface area contributed by atoms with E-state index >= 15 is 0 Å². The molecule has 6 heteroatoms. The second kappa shape index (κ2) is 9.39. The highest BCUT2D eigenvalue weighted by atomic mass is 16.5. The summed E-state index contributed by atoms with van der Waals surface area (Å²) in [6.45, 7) is 5.57. The number of nitrogens with one attached hydrogen (secondary N) is 1. The van der Waals surface area contributed by atoms with Crippen LogP contribution in [0.25, 0.3) is 0 Å². The third-order valence-corrected chi connectivity index (χ3v) is 5.18. The van der Waals surface area contributed by atoms with E-state index in [-0.39, 0.29) is 30.4 Å². The topological polar surface area (TPSA) is 75.7 Å². The van der Waals surface area contributed by atoms with Crippen molar-refractivity contribution in [1.29, 1.82) is 0 Å². The third-order valence-electron chi connectivity index (χ3n) is 5.18. The van der Waals surface area contributed by atoms with Gasteiger partial charge < -0.3 is 10.1 Å². The van der Waals surface area contributed by atoms with E-state index in [1.165, 1.54) is 4.90 Å². The molecule has 0 spiro atoms. The lowest BCUT2D eigenvalue weighted by atomic mass is 9.88. The van der Waals surface area contributed by atoms with Gasteiger partial charge in [-0.25, -0.2) is 4.79 Å². The Hall–Kier alpha value is -3.41. The zero-order valence-corrected chi connectivity index (χ0v) is 17.5. The number of ether oxygens (including phenoxy) is 1. The largest absolute Gasteiger partial charge is 0.463 e. The summed E-state index contributed by atoms with van der Waals surface area (Å²) in [5, 5.41) is 2.90. The molecule has 1 heterocycles. The van der Waals surface area contributed by atoms with Crippen molar-refractivity contribution in [3.05, 3.63) is 71.4 Å². The van der Waals surface area contributed by atoms with E-state index in [9.17, 15) is 14.4 Å². The van der Waals surface area contributed by atoms with E-state index in [0.717, 1.165) is 12.0 Å². The maximum Gasteiger partial charge on any atom is 0.336 e. The van der Waals surface area contributed by atoms with Crippen LogP contribution < -0.4 is 10.2 Å². The van der Waals surface area contributed by atoms with Crippen LogP contribution in [0.4, 0.5) is 11.4 Å². The van der Waals surface area contributed by atoms with Crippen molar-refractivity contribution in [3.8, 4) is 0 Å². The summed E-state index contributed by atoms with van der Waals surface area (Å²) in [6.07, 6.45) is 0.641. The fourth-order valence-corrected chi connectivity index (χ4v) is 3.74. The maximum absolute atomic E-state index is 13.2. The quantitative estimate of drug-likeness (QED) is 0.734. The number of carbonyl (C=O) groups is 3. The Morgan fingerprint density at radius 1 is 1.07 bits per heavy atom. The summed E-state index contributed by atoms with van der Waals surface area (Å²) >= 11 is 0. The highest BCUT2D eigenvalue weighted by molar-refractivity contribution is 6.10. The van der Waals surface area contributed by atoms with E-state index < -0.39 is 11.9 Å². The number of amides is 2. The molecule has 0 aromatic heterocycles.